The number of hydrogen-bond acceptors (Lipinski definition) is 2. The maximum Gasteiger partial charge on any atom is 0.338 e. The molecule has 1 N–H and O–H groups in total. The summed E-state index contributed by atoms with van der Waals surface area (Å²) in [4.78, 5) is 11.1. The lowest BCUT2D eigenvalue weighted by molar-refractivity contribution is 0.0691. The summed E-state index contributed by atoms with van der Waals surface area (Å²) in [6.45, 7) is 3.70. The van der Waals surface area contributed by atoms with Crippen LogP contribution in [-0.2, 0) is 10.8 Å². The van der Waals surface area contributed by atoms with Gasteiger partial charge in [0, 0.05) is 10.1 Å². The molecule has 0 saturated heterocycles. The Hall–Kier alpha value is -1.23. The van der Waals surface area contributed by atoms with Crippen LogP contribution < -0.4 is 0 Å². The van der Waals surface area contributed by atoms with Crippen molar-refractivity contribution in [2.24, 2.45) is 0 Å². The van der Waals surface area contributed by atoms with Crippen LogP contribution in [0.3, 0.4) is 0 Å². The van der Waals surface area contributed by atoms with Gasteiger partial charge in [-0.3, -0.25) is 4.21 Å². The van der Waals surface area contributed by atoms with E-state index >= 15 is 0 Å². The van der Waals surface area contributed by atoms with Crippen molar-refractivity contribution in [2.45, 2.75) is 30.4 Å². The van der Waals surface area contributed by atoms with Gasteiger partial charge in [-0.15, -0.1) is 0 Å². The molecule has 16 heavy (non-hydrogen) atoms. The van der Waals surface area contributed by atoms with E-state index in [1.54, 1.807) is 6.92 Å². The zero-order chi connectivity index (χ0) is 12.3. The number of benzene rings is 1. The quantitative estimate of drug-likeness (QED) is 0.885. The first-order valence-corrected chi connectivity index (χ1v) is 6.12. The molecule has 88 valence electrons. The standard InChI is InChI=1S/C11H13FO3S/c1-3-7(2)16(15)8-4-5-10(12)9(6-8)11(13)14/h4-7H,3H2,1-2H3,(H,13,14). The highest BCUT2D eigenvalue weighted by molar-refractivity contribution is 7.85. The Bertz CT molecular complexity index is 431. The average molecular weight is 244 g/mol. The number of carboxylic acids is 1. The van der Waals surface area contributed by atoms with Crippen molar-refractivity contribution in [3.8, 4) is 0 Å². The molecule has 2 atom stereocenters. The lowest BCUT2D eigenvalue weighted by Crippen LogP contribution is -2.11. The summed E-state index contributed by atoms with van der Waals surface area (Å²) in [6.07, 6.45) is 0.715. The van der Waals surface area contributed by atoms with Crippen LogP contribution in [0.1, 0.15) is 30.6 Å². The van der Waals surface area contributed by atoms with Crippen LogP contribution >= 0.6 is 0 Å². The van der Waals surface area contributed by atoms with Crippen LogP contribution in [0.2, 0.25) is 0 Å². The lowest BCUT2D eigenvalue weighted by atomic mass is 10.2. The SMILES string of the molecule is CCC(C)S(=O)c1ccc(F)c(C(=O)O)c1. The van der Waals surface area contributed by atoms with Gasteiger partial charge in [0.25, 0.3) is 0 Å². The van der Waals surface area contributed by atoms with Gasteiger partial charge in [0.2, 0.25) is 0 Å². The molecular weight excluding hydrogens is 231 g/mol. The second-order valence-electron chi connectivity index (χ2n) is 3.46. The number of rotatable bonds is 4. The first-order chi connectivity index (χ1) is 7.47. The first-order valence-electron chi connectivity index (χ1n) is 4.90. The molecule has 2 unspecified atom stereocenters. The van der Waals surface area contributed by atoms with Gasteiger partial charge in [0.15, 0.2) is 0 Å². The second-order valence-corrected chi connectivity index (χ2v) is 5.33. The van der Waals surface area contributed by atoms with Crippen molar-refractivity contribution in [1.82, 2.24) is 0 Å². The molecular formula is C11H13FO3S. The zero-order valence-corrected chi connectivity index (χ0v) is 9.88. The Balaban J connectivity index is 3.13. The highest BCUT2D eigenvalue weighted by Crippen LogP contribution is 2.17. The summed E-state index contributed by atoms with van der Waals surface area (Å²) in [7, 11) is -1.29. The molecule has 0 amide bonds. The third-order valence-corrected chi connectivity index (χ3v) is 4.12. The maximum absolute atomic E-state index is 13.1. The van der Waals surface area contributed by atoms with Crippen LogP contribution in [0.25, 0.3) is 0 Å². The van der Waals surface area contributed by atoms with Gasteiger partial charge in [-0.1, -0.05) is 13.8 Å². The fourth-order valence-electron chi connectivity index (χ4n) is 1.18. The van der Waals surface area contributed by atoms with E-state index in [9.17, 15) is 13.4 Å². The van der Waals surface area contributed by atoms with Gasteiger partial charge in [-0.25, -0.2) is 9.18 Å². The molecule has 0 saturated carbocycles. The van der Waals surface area contributed by atoms with Crippen LogP contribution in [0.5, 0.6) is 0 Å². The molecule has 1 rings (SSSR count). The summed E-state index contributed by atoms with van der Waals surface area (Å²) in [5, 5.41) is 8.65. The first kappa shape index (κ1) is 12.8. The van der Waals surface area contributed by atoms with Crippen molar-refractivity contribution in [3.63, 3.8) is 0 Å². The zero-order valence-electron chi connectivity index (χ0n) is 9.07. The summed E-state index contributed by atoms with van der Waals surface area (Å²) in [5.74, 6) is -2.15. The number of aromatic carboxylic acids is 1. The van der Waals surface area contributed by atoms with Gasteiger partial charge >= 0.3 is 5.97 Å². The smallest absolute Gasteiger partial charge is 0.338 e. The maximum atomic E-state index is 13.1. The van der Waals surface area contributed by atoms with E-state index < -0.39 is 28.1 Å². The average Bonchev–Trinajstić information content (AvgIpc) is 2.27. The predicted molar refractivity (Wildman–Crippen MR) is 59.5 cm³/mol. The third kappa shape index (κ3) is 2.66. The van der Waals surface area contributed by atoms with Crippen LogP contribution in [0.4, 0.5) is 4.39 Å². The Labute approximate surface area is 95.8 Å². The second kappa shape index (κ2) is 5.21. The van der Waals surface area contributed by atoms with Crippen molar-refractivity contribution >= 4 is 16.8 Å². The van der Waals surface area contributed by atoms with Gasteiger partial charge in [0.1, 0.15) is 5.82 Å². The van der Waals surface area contributed by atoms with E-state index in [4.69, 9.17) is 5.11 Å². The molecule has 0 aliphatic rings. The monoisotopic (exact) mass is 244 g/mol. The normalized spacial score (nSPS) is 14.4. The number of carbonyl (C=O) groups is 1. The predicted octanol–water partition coefficient (Wildman–Crippen LogP) is 2.43. The van der Waals surface area contributed by atoms with Crippen molar-refractivity contribution in [1.29, 1.82) is 0 Å². The Morgan fingerprint density at radius 2 is 2.19 bits per heavy atom. The van der Waals surface area contributed by atoms with Crippen LogP contribution in [-0.4, -0.2) is 20.5 Å². The molecule has 5 heteroatoms. The van der Waals surface area contributed by atoms with Gasteiger partial charge in [-0.2, -0.15) is 0 Å². The van der Waals surface area contributed by atoms with E-state index in [1.807, 2.05) is 6.92 Å². The molecule has 0 heterocycles. The minimum Gasteiger partial charge on any atom is -0.478 e. The fourth-order valence-corrected chi connectivity index (χ4v) is 2.38. The largest absolute Gasteiger partial charge is 0.478 e. The minimum absolute atomic E-state index is 0.0768. The molecule has 1 aromatic rings. The lowest BCUT2D eigenvalue weighted by Gasteiger charge is -2.09. The van der Waals surface area contributed by atoms with E-state index in [2.05, 4.69) is 0 Å². The Kier molecular flexibility index (Phi) is 4.18. The van der Waals surface area contributed by atoms with E-state index in [0.29, 0.717) is 11.3 Å². The summed E-state index contributed by atoms with van der Waals surface area (Å²) < 4.78 is 24.9. The van der Waals surface area contributed by atoms with Gasteiger partial charge in [-0.05, 0) is 24.6 Å². The molecule has 1 aromatic carbocycles. The van der Waals surface area contributed by atoms with Crippen molar-refractivity contribution in [2.75, 3.05) is 0 Å². The molecule has 0 fully saturated rings. The van der Waals surface area contributed by atoms with Crippen molar-refractivity contribution < 1.29 is 18.5 Å². The topological polar surface area (TPSA) is 54.4 Å². The molecule has 3 nitrogen and oxygen atoms in total. The van der Waals surface area contributed by atoms with Gasteiger partial charge in [0.05, 0.1) is 16.4 Å². The summed E-state index contributed by atoms with van der Waals surface area (Å²) in [5.41, 5.74) is -0.436. The summed E-state index contributed by atoms with van der Waals surface area (Å²) in [6, 6.07) is 3.54. The number of hydrogen-bond donors (Lipinski definition) is 1. The summed E-state index contributed by atoms with van der Waals surface area (Å²) >= 11 is 0. The van der Waals surface area contributed by atoms with E-state index in [0.717, 1.165) is 12.1 Å². The molecule has 0 aliphatic heterocycles. The Morgan fingerprint density at radius 1 is 1.56 bits per heavy atom. The molecule has 0 aliphatic carbocycles. The van der Waals surface area contributed by atoms with Crippen molar-refractivity contribution in [3.05, 3.63) is 29.6 Å². The molecule has 0 bridgehead atoms. The van der Waals surface area contributed by atoms with Crippen LogP contribution in [0, 0.1) is 5.82 Å². The van der Waals surface area contributed by atoms with E-state index in [1.165, 1.54) is 6.07 Å². The van der Waals surface area contributed by atoms with E-state index in [-0.39, 0.29) is 5.25 Å². The number of halogens is 1. The highest BCUT2D eigenvalue weighted by Gasteiger charge is 2.16. The third-order valence-electron chi connectivity index (χ3n) is 2.34. The minimum atomic E-state index is -1.35. The highest BCUT2D eigenvalue weighted by atomic mass is 32.2. The molecule has 0 spiro atoms. The fraction of sp³-hybridized carbons (Fsp3) is 0.364. The molecule has 0 aromatic heterocycles. The molecule has 0 radical (unpaired) electrons. The van der Waals surface area contributed by atoms with Crippen LogP contribution in [0.15, 0.2) is 23.1 Å². The van der Waals surface area contributed by atoms with Gasteiger partial charge < -0.3 is 5.11 Å². The number of carboxylic acid groups (broad SMARTS) is 1. The Morgan fingerprint density at radius 3 is 2.69 bits per heavy atom.